The number of aromatic nitrogens is 3. The lowest BCUT2D eigenvalue weighted by Gasteiger charge is -2.19. The molecule has 0 spiro atoms. The molecule has 0 aliphatic heterocycles. The normalized spacial score (nSPS) is 11.4. The zero-order valence-electron chi connectivity index (χ0n) is 10.3. The fourth-order valence-corrected chi connectivity index (χ4v) is 1.21. The molecule has 0 saturated carbocycles. The maximum Gasteiger partial charge on any atom is 0.164 e. The average Bonchev–Trinajstić information content (AvgIpc) is 2.62. The van der Waals surface area contributed by atoms with Crippen molar-refractivity contribution < 1.29 is 0 Å². The molecule has 0 radical (unpaired) electrons. The highest BCUT2D eigenvalue weighted by atomic mass is 15.3. The smallest absolute Gasteiger partial charge is 0.164 e. The summed E-state index contributed by atoms with van der Waals surface area (Å²) in [7, 11) is 0. The molecule has 0 atom stereocenters. The molecular weight excluding hydrogens is 200 g/mol. The Kier molecular flexibility index (Phi) is 4.51. The summed E-state index contributed by atoms with van der Waals surface area (Å²) in [4.78, 5) is 4.24. The minimum Gasteiger partial charge on any atom is -0.305 e. The first-order chi connectivity index (χ1) is 7.51. The highest BCUT2D eigenvalue weighted by Crippen LogP contribution is 2.01. The van der Waals surface area contributed by atoms with Gasteiger partial charge < -0.3 is 5.32 Å². The number of hydrogen-bond acceptors (Lipinski definition) is 3. The van der Waals surface area contributed by atoms with Crippen molar-refractivity contribution >= 4 is 0 Å². The standard InChI is InChI=1S/C12H20N4/c1-5-6-7-8-16-10-13-11(15-16)9-14-12(2,3)4/h1,10,14H,6-9H2,2-4H3. The molecule has 88 valence electrons. The third-order valence-electron chi connectivity index (χ3n) is 2.07. The largest absolute Gasteiger partial charge is 0.305 e. The van der Waals surface area contributed by atoms with Gasteiger partial charge in [-0.05, 0) is 27.2 Å². The summed E-state index contributed by atoms with van der Waals surface area (Å²) in [5.41, 5.74) is 0.0922. The summed E-state index contributed by atoms with van der Waals surface area (Å²) >= 11 is 0. The Morgan fingerprint density at radius 1 is 1.50 bits per heavy atom. The average molecular weight is 220 g/mol. The number of rotatable bonds is 5. The Morgan fingerprint density at radius 2 is 2.25 bits per heavy atom. The van der Waals surface area contributed by atoms with Crippen LogP contribution in [0.25, 0.3) is 0 Å². The number of nitrogens with one attached hydrogen (secondary N) is 1. The molecule has 0 aromatic carbocycles. The Hall–Kier alpha value is -1.34. The van der Waals surface area contributed by atoms with E-state index in [2.05, 4.69) is 42.1 Å². The molecule has 4 heteroatoms. The third kappa shape index (κ3) is 4.94. The van der Waals surface area contributed by atoms with E-state index in [9.17, 15) is 0 Å². The van der Waals surface area contributed by atoms with Crippen LogP contribution >= 0.6 is 0 Å². The summed E-state index contributed by atoms with van der Waals surface area (Å²) in [6, 6.07) is 0. The van der Waals surface area contributed by atoms with Crippen LogP contribution in [0.3, 0.4) is 0 Å². The monoisotopic (exact) mass is 220 g/mol. The summed E-state index contributed by atoms with van der Waals surface area (Å²) < 4.78 is 1.84. The first-order valence-corrected chi connectivity index (χ1v) is 5.58. The van der Waals surface area contributed by atoms with Crippen LogP contribution in [0.1, 0.15) is 39.4 Å². The summed E-state index contributed by atoms with van der Waals surface area (Å²) in [6.45, 7) is 7.91. The molecule has 0 saturated heterocycles. The third-order valence-corrected chi connectivity index (χ3v) is 2.07. The summed E-state index contributed by atoms with van der Waals surface area (Å²) in [6.07, 6.45) is 8.69. The number of hydrogen-bond donors (Lipinski definition) is 1. The maximum atomic E-state index is 5.19. The van der Waals surface area contributed by atoms with E-state index in [1.807, 2.05) is 4.68 Å². The Morgan fingerprint density at radius 3 is 2.88 bits per heavy atom. The van der Waals surface area contributed by atoms with Crippen LogP contribution in [0.5, 0.6) is 0 Å². The van der Waals surface area contributed by atoms with Gasteiger partial charge in [-0.1, -0.05) is 0 Å². The van der Waals surface area contributed by atoms with Crippen LogP contribution in [0, 0.1) is 12.3 Å². The van der Waals surface area contributed by atoms with Crippen LogP contribution < -0.4 is 5.32 Å². The van der Waals surface area contributed by atoms with E-state index in [1.165, 1.54) is 0 Å². The fraction of sp³-hybridized carbons (Fsp3) is 0.667. The van der Waals surface area contributed by atoms with Crippen molar-refractivity contribution in [3.8, 4) is 12.3 Å². The van der Waals surface area contributed by atoms with Crippen molar-refractivity contribution in [2.45, 2.75) is 52.2 Å². The van der Waals surface area contributed by atoms with Gasteiger partial charge in [-0.25, -0.2) is 4.98 Å². The van der Waals surface area contributed by atoms with E-state index in [4.69, 9.17) is 6.42 Å². The second kappa shape index (κ2) is 5.66. The van der Waals surface area contributed by atoms with Crippen molar-refractivity contribution in [2.24, 2.45) is 0 Å². The van der Waals surface area contributed by atoms with Gasteiger partial charge in [0, 0.05) is 18.5 Å². The molecule has 16 heavy (non-hydrogen) atoms. The maximum absolute atomic E-state index is 5.19. The van der Waals surface area contributed by atoms with Crippen LogP contribution in [-0.2, 0) is 13.1 Å². The zero-order chi connectivity index (χ0) is 12.0. The van der Waals surface area contributed by atoms with Crippen LogP contribution in [0.15, 0.2) is 6.33 Å². The van der Waals surface area contributed by atoms with E-state index in [-0.39, 0.29) is 5.54 Å². The number of nitrogens with zero attached hydrogens (tertiary/aromatic N) is 3. The number of aryl methyl sites for hydroxylation is 1. The second-order valence-electron chi connectivity index (χ2n) is 4.84. The van der Waals surface area contributed by atoms with E-state index in [1.54, 1.807) is 6.33 Å². The van der Waals surface area contributed by atoms with Crippen LogP contribution in [-0.4, -0.2) is 20.3 Å². The van der Waals surface area contributed by atoms with Gasteiger partial charge in [0.05, 0.1) is 6.54 Å². The molecule has 0 fully saturated rings. The predicted octanol–water partition coefficient (Wildman–Crippen LogP) is 1.58. The minimum absolute atomic E-state index is 0.0922. The van der Waals surface area contributed by atoms with Gasteiger partial charge in [-0.3, -0.25) is 4.68 Å². The molecule has 0 aliphatic rings. The van der Waals surface area contributed by atoms with Crippen molar-refractivity contribution in [2.75, 3.05) is 0 Å². The molecule has 0 unspecified atom stereocenters. The first kappa shape index (κ1) is 12.7. The molecule has 4 nitrogen and oxygen atoms in total. The second-order valence-corrected chi connectivity index (χ2v) is 4.84. The van der Waals surface area contributed by atoms with Crippen molar-refractivity contribution in [1.29, 1.82) is 0 Å². The SMILES string of the molecule is C#CCCCn1cnc(CNC(C)(C)C)n1. The topological polar surface area (TPSA) is 42.7 Å². The Balaban J connectivity index is 2.37. The first-order valence-electron chi connectivity index (χ1n) is 5.58. The molecule has 1 heterocycles. The van der Waals surface area contributed by atoms with Gasteiger partial charge in [0.25, 0.3) is 0 Å². The Bertz CT molecular complexity index is 354. The van der Waals surface area contributed by atoms with E-state index in [0.717, 1.165) is 25.2 Å². The molecule has 1 aromatic heterocycles. The quantitative estimate of drug-likeness (QED) is 0.605. The molecule has 1 N–H and O–H groups in total. The van der Waals surface area contributed by atoms with Crippen LogP contribution in [0.2, 0.25) is 0 Å². The van der Waals surface area contributed by atoms with Gasteiger partial charge in [0.2, 0.25) is 0 Å². The van der Waals surface area contributed by atoms with Crippen molar-refractivity contribution in [3.63, 3.8) is 0 Å². The highest BCUT2D eigenvalue weighted by molar-refractivity contribution is 4.85. The van der Waals surface area contributed by atoms with E-state index >= 15 is 0 Å². The van der Waals surface area contributed by atoms with Gasteiger partial charge >= 0.3 is 0 Å². The lowest BCUT2D eigenvalue weighted by molar-refractivity contribution is 0.416. The number of terminal acetylenes is 1. The van der Waals surface area contributed by atoms with Crippen molar-refractivity contribution in [1.82, 2.24) is 20.1 Å². The molecule has 0 bridgehead atoms. The van der Waals surface area contributed by atoms with Crippen molar-refractivity contribution in [3.05, 3.63) is 12.2 Å². The molecule has 1 aromatic rings. The van der Waals surface area contributed by atoms with Gasteiger partial charge in [-0.2, -0.15) is 5.10 Å². The minimum atomic E-state index is 0.0922. The van der Waals surface area contributed by atoms with Crippen LogP contribution in [0.4, 0.5) is 0 Å². The molecule has 0 aliphatic carbocycles. The molecular formula is C12H20N4. The lowest BCUT2D eigenvalue weighted by atomic mass is 10.1. The summed E-state index contributed by atoms with van der Waals surface area (Å²) in [5.74, 6) is 3.45. The summed E-state index contributed by atoms with van der Waals surface area (Å²) in [5, 5.41) is 7.71. The highest BCUT2D eigenvalue weighted by Gasteiger charge is 2.10. The van der Waals surface area contributed by atoms with E-state index < -0.39 is 0 Å². The molecule has 0 amide bonds. The Labute approximate surface area is 97.5 Å². The van der Waals surface area contributed by atoms with Gasteiger partial charge in [0.15, 0.2) is 5.82 Å². The molecule has 1 rings (SSSR count). The zero-order valence-corrected chi connectivity index (χ0v) is 10.3. The lowest BCUT2D eigenvalue weighted by Crippen LogP contribution is -2.35. The van der Waals surface area contributed by atoms with E-state index in [0.29, 0.717) is 6.54 Å². The van der Waals surface area contributed by atoms with Gasteiger partial charge in [0.1, 0.15) is 6.33 Å². The van der Waals surface area contributed by atoms with Gasteiger partial charge in [-0.15, -0.1) is 12.3 Å². The fourth-order valence-electron chi connectivity index (χ4n) is 1.21. The number of unbranched alkanes of at least 4 members (excludes halogenated alkanes) is 1. The predicted molar refractivity (Wildman–Crippen MR) is 64.7 cm³/mol.